The number of likely N-dealkylation sites (N-methyl/N-ethyl adjacent to an activating group) is 1. The molecule has 0 fully saturated rings. The first kappa shape index (κ1) is 74.7. The third-order valence-electron chi connectivity index (χ3n) is 13.2. The normalized spacial score (nSPS) is 13.6. The average molecular weight is 1100 g/mol. The van der Waals surface area contributed by atoms with Gasteiger partial charge in [0.2, 0.25) is 0 Å². The molecule has 450 valence electrons. The van der Waals surface area contributed by atoms with Crippen LogP contribution in [0.4, 0.5) is 0 Å². The Labute approximate surface area is 485 Å². The van der Waals surface area contributed by atoms with E-state index in [0.29, 0.717) is 17.4 Å². The van der Waals surface area contributed by atoms with Crippen molar-refractivity contribution in [2.24, 2.45) is 0 Å². The summed E-state index contributed by atoms with van der Waals surface area (Å²) < 4.78 is 22.7. The third-order valence-corrected chi connectivity index (χ3v) is 13.2. The van der Waals surface area contributed by atoms with E-state index in [9.17, 15) is 19.5 Å². The molecule has 0 bridgehead atoms. The molecule has 0 heterocycles. The van der Waals surface area contributed by atoms with Crippen molar-refractivity contribution in [3.63, 3.8) is 0 Å². The number of allylic oxidation sites excluding steroid dienone is 20. The van der Waals surface area contributed by atoms with Crippen LogP contribution in [0.3, 0.4) is 0 Å². The zero-order valence-corrected chi connectivity index (χ0v) is 51.2. The quantitative estimate of drug-likeness (QED) is 0.0195. The van der Waals surface area contributed by atoms with Crippen molar-refractivity contribution in [2.45, 2.75) is 257 Å². The highest BCUT2D eigenvalue weighted by atomic mass is 16.7. The highest BCUT2D eigenvalue weighted by molar-refractivity contribution is 5.70. The molecule has 0 spiro atoms. The van der Waals surface area contributed by atoms with E-state index in [1.807, 2.05) is 21.1 Å². The fraction of sp³-hybridized carbons (Fsp3) is 0.671. The fourth-order valence-electron chi connectivity index (χ4n) is 8.35. The van der Waals surface area contributed by atoms with Crippen molar-refractivity contribution in [1.82, 2.24) is 0 Å². The van der Waals surface area contributed by atoms with Crippen molar-refractivity contribution >= 4 is 17.9 Å². The minimum Gasteiger partial charge on any atom is -0.545 e. The standard InChI is InChI=1S/C70H117NO8/c1-6-8-10-12-14-16-18-20-22-24-26-27-28-29-30-31-32-33-34-35-36-37-38-39-40-41-43-45-47-49-51-53-55-57-59-61-68(73)79-66(65-78-70(69(74)75)76-63-62-71(3,4)5)64-77-67(72)60-58-56-54-52-50-48-46-44-42-25-23-21-19-17-15-13-11-9-7-2/h8,10,14-17,20-23,26-27,29-30,32-33,35-36,42,44,66,70H,6-7,9,11-13,18-19,24-25,28,31,34,37-41,43,45-65H2,1-5H3/b10-8-,16-14-,17-15-,22-20-,23-21-,27-26-,30-29-,33-32-,36-35-,44-42-. The van der Waals surface area contributed by atoms with Gasteiger partial charge in [0.15, 0.2) is 12.4 Å². The van der Waals surface area contributed by atoms with E-state index in [1.165, 1.54) is 103 Å². The lowest BCUT2D eigenvalue weighted by molar-refractivity contribution is -0.870. The summed E-state index contributed by atoms with van der Waals surface area (Å²) in [7, 11) is 5.91. The number of hydrogen-bond acceptors (Lipinski definition) is 8. The second kappa shape index (κ2) is 59.8. The second-order valence-corrected chi connectivity index (χ2v) is 22.0. The van der Waals surface area contributed by atoms with Crippen LogP contribution in [-0.4, -0.2) is 82.3 Å². The molecule has 0 rings (SSSR count). The number of carbonyl (C=O) groups excluding carboxylic acids is 3. The zero-order valence-electron chi connectivity index (χ0n) is 51.2. The Morgan fingerprint density at radius 2 is 0.722 bits per heavy atom. The number of carbonyl (C=O) groups is 3. The first-order valence-corrected chi connectivity index (χ1v) is 31.7. The number of carboxylic acid groups (broad SMARTS) is 1. The van der Waals surface area contributed by atoms with E-state index in [-0.39, 0.29) is 38.6 Å². The van der Waals surface area contributed by atoms with E-state index >= 15 is 0 Å². The van der Waals surface area contributed by atoms with Gasteiger partial charge in [0.1, 0.15) is 13.2 Å². The number of carboxylic acids is 1. The Morgan fingerprint density at radius 3 is 1.08 bits per heavy atom. The number of unbranched alkanes of at least 4 members (excludes halogenated alkanes) is 22. The van der Waals surface area contributed by atoms with Crippen LogP contribution in [-0.2, 0) is 33.3 Å². The van der Waals surface area contributed by atoms with Gasteiger partial charge in [-0.05, 0) is 109 Å². The molecule has 2 unspecified atom stereocenters. The van der Waals surface area contributed by atoms with Crippen LogP contribution in [0.15, 0.2) is 122 Å². The molecule has 0 N–H and O–H groups in total. The Balaban J connectivity index is 4.18. The molecule has 0 amide bonds. The maximum Gasteiger partial charge on any atom is 0.306 e. The summed E-state index contributed by atoms with van der Waals surface area (Å²) in [6.07, 6.45) is 81.1. The largest absolute Gasteiger partial charge is 0.545 e. The number of rotatable bonds is 57. The van der Waals surface area contributed by atoms with Crippen molar-refractivity contribution < 1.29 is 42.9 Å². The first-order valence-electron chi connectivity index (χ1n) is 31.7. The Kier molecular flexibility index (Phi) is 56.5. The summed E-state index contributed by atoms with van der Waals surface area (Å²) in [5.74, 6) is -2.31. The van der Waals surface area contributed by atoms with Crippen LogP contribution in [0.1, 0.15) is 245 Å². The molecule has 2 atom stereocenters. The van der Waals surface area contributed by atoms with Crippen LogP contribution in [0.25, 0.3) is 0 Å². The minimum absolute atomic E-state index is 0.140. The highest BCUT2D eigenvalue weighted by Gasteiger charge is 2.22. The van der Waals surface area contributed by atoms with E-state index in [4.69, 9.17) is 18.9 Å². The van der Waals surface area contributed by atoms with Gasteiger partial charge >= 0.3 is 11.9 Å². The van der Waals surface area contributed by atoms with Gasteiger partial charge in [-0.25, -0.2) is 0 Å². The monoisotopic (exact) mass is 1100 g/mol. The molecule has 0 saturated heterocycles. The van der Waals surface area contributed by atoms with Gasteiger partial charge in [0, 0.05) is 12.8 Å². The SMILES string of the molecule is CC/C=C\C/C=C\C/C=C\C/C=C\C/C=C\C/C=C\C/C=C\CCCCCCCCCCCCCCCC(=O)OC(COC(=O)CCCCCCCC/C=C\C/C=C\C/C=C\CCCCC)COC(OCC[N+](C)(C)C)C(=O)[O-]. The maximum atomic E-state index is 12.9. The van der Waals surface area contributed by atoms with Crippen LogP contribution >= 0.6 is 0 Å². The van der Waals surface area contributed by atoms with Gasteiger partial charge in [0.05, 0.1) is 40.3 Å². The average Bonchev–Trinajstić information content (AvgIpc) is 3.42. The summed E-state index contributed by atoms with van der Waals surface area (Å²) in [6, 6.07) is 0. The molecular weight excluding hydrogens is 983 g/mol. The smallest absolute Gasteiger partial charge is 0.306 e. The predicted molar refractivity (Wildman–Crippen MR) is 333 cm³/mol. The predicted octanol–water partition coefficient (Wildman–Crippen LogP) is 17.9. The van der Waals surface area contributed by atoms with Gasteiger partial charge in [-0.2, -0.15) is 0 Å². The lowest BCUT2D eigenvalue weighted by Gasteiger charge is -2.26. The highest BCUT2D eigenvalue weighted by Crippen LogP contribution is 2.15. The number of nitrogens with zero attached hydrogens (tertiary/aromatic N) is 1. The van der Waals surface area contributed by atoms with Crippen molar-refractivity contribution in [3.05, 3.63) is 122 Å². The molecule has 0 saturated carbocycles. The molecule has 0 aliphatic carbocycles. The van der Waals surface area contributed by atoms with Crippen LogP contribution in [0.2, 0.25) is 0 Å². The number of hydrogen-bond donors (Lipinski definition) is 0. The molecule has 0 radical (unpaired) electrons. The van der Waals surface area contributed by atoms with E-state index < -0.39 is 24.3 Å². The van der Waals surface area contributed by atoms with E-state index in [0.717, 1.165) is 109 Å². The van der Waals surface area contributed by atoms with Gasteiger partial charge in [-0.1, -0.05) is 245 Å². The molecule has 0 aliphatic rings. The lowest BCUT2D eigenvalue weighted by Crippen LogP contribution is -2.44. The van der Waals surface area contributed by atoms with Crippen LogP contribution in [0, 0.1) is 0 Å². The summed E-state index contributed by atoms with van der Waals surface area (Å²) >= 11 is 0. The van der Waals surface area contributed by atoms with Gasteiger partial charge in [-0.15, -0.1) is 0 Å². The van der Waals surface area contributed by atoms with Crippen molar-refractivity contribution in [1.29, 1.82) is 0 Å². The van der Waals surface area contributed by atoms with Gasteiger partial charge < -0.3 is 33.3 Å². The van der Waals surface area contributed by atoms with Crippen molar-refractivity contribution in [2.75, 3.05) is 47.5 Å². The second-order valence-electron chi connectivity index (χ2n) is 22.0. The molecular formula is C70H117NO8. The summed E-state index contributed by atoms with van der Waals surface area (Å²) in [6.45, 7) is 4.59. The summed E-state index contributed by atoms with van der Waals surface area (Å²) in [5, 5.41) is 11.8. The Bertz CT molecular complexity index is 1710. The number of ether oxygens (including phenoxy) is 4. The zero-order chi connectivity index (χ0) is 57.6. The Morgan fingerprint density at radius 1 is 0.392 bits per heavy atom. The number of quaternary nitrogens is 1. The topological polar surface area (TPSA) is 111 Å². The Hall–Kier alpha value is -4.31. The van der Waals surface area contributed by atoms with Gasteiger partial charge in [0.25, 0.3) is 0 Å². The van der Waals surface area contributed by atoms with E-state index in [2.05, 4.69) is 135 Å². The third kappa shape index (κ3) is 61.2. The molecule has 9 nitrogen and oxygen atoms in total. The first-order chi connectivity index (χ1) is 38.6. The molecule has 79 heavy (non-hydrogen) atoms. The molecule has 0 aromatic carbocycles. The molecule has 0 aromatic heterocycles. The fourth-order valence-corrected chi connectivity index (χ4v) is 8.35. The molecule has 9 heteroatoms. The maximum absolute atomic E-state index is 12.9. The minimum atomic E-state index is -1.63. The van der Waals surface area contributed by atoms with Crippen LogP contribution in [0.5, 0.6) is 0 Å². The lowest BCUT2D eigenvalue weighted by atomic mass is 10.0. The molecule has 0 aromatic rings. The number of esters is 2. The van der Waals surface area contributed by atoms with E-state index in [1.54, 1.807) is 0 Å². The molecule has 0 aliphatic heterocycles. The van der Waals surface area contributed by atoms with Crippen LogP contribution < -0.4 is 5.11 Å². The van der Waals surface area contributed by atoms with Gasteiger partial charge in [-0.3, -0.25) is 9.59 Å². The summed E-state index contributed by atoms with van der Waals surface area (Å²) in [4.78, 5) is 37.4. The van der Waals surface area contributed by atoms with Crippen molar-refractivity contribution in [3.8, 4) is 0 Å². The number of aliphatic carboxylic acids is 1. The summed E-state index contributed by atoms with van der Waals surface area (Å²) in [5.41, 5.74) is 0.